The Morgan fingerprint density at radius 1 is 1.27 bits per heavy atom. The Kier molecular flexibility index (Phi) is 4.30. The van der Waals surface area contributed by atoms with E-state index in [2.05, 4.69) is 55.7 Å². The van der Waals surface area contributed by atoms with Crippen molar-refractivity contribution in [3.63, 3.8) is 0 Å². The third-order valence-corrected chi connectivity index (χ3v) is 2.47. The molecular formula is C13H22N2. The Hall–Kier alpha value is -0.860. The van der Waals surface area contributed by atoms with Gasteiger partial charge in [0.25, 0.3) is 0 Å². The summed E-state index contributed by atoms with van der Waals surface area (Å²) < 4.78 is 0. The maximum absolute atomic E-state index is 3.54. The summed E-state index contributed by atoms with van der Waals surface area (Å²) in [6, 6.07) is 8.62. The van der Waals surface area contributed by atoms with Gasteiger partial charge in [-0.25, -0.2) is 0 Å². The molecule has 1 aromatic rings. The second kappa shape index (κ2) is 5.29. The summed E-state index contributed by atoms with van der Waals surface area (Å²) in [5.74, 6) is 0. The standard InChI is InChI=1S/C13H22N2/c1-11-6-5-7-12(8-11)9-15-13(2,3)10-14-4/h5-8,14-15H,9-10H2,1-4H3. The van der Waals surface area contributed by atoms with Crippen molar-refractivity contribution in [1.82, 2.24) is 10.6 Å². The lowest BCUT2D eigenvalue weighted by Crippen LogP contribution is -2.46. The van der Waals surface area contributed by atoms with Crippen molar-refractivity contribution in [2.24, 2.45) is 0 Å². The Labute approximate surface area is 93.1 Å². The molecule has 1 rings (SSSR count). The van der Waals surface area contributed by atoms with Crippen LogP contribution >= 0.6 is 0 Å². The van der Waals surface area contributed by atoms with Crippen molar-refractivity contribution in [1.29, 1.82) is 0 Å². The lowest BCUT2D eigenvalue weighted by atomic mass is 10.0. The van der Waals surface area contributed by atoms with Gasteiger partial charge in [-0.05, 0) is 33.4 Å². The molecule has 0 aliphatic rings. The molecule has 0 radical (unpaired) electrons. The average molecular weight is 206 g/mol. The van der Waals surface area contributed by atoms with Crippen molar-refractivity contribution in [2.45, 2.75) is 32.9 Å². The highest BCUT2D eigenvalue weighted by Gasteiger charge is 2.14. The molecule has 0 amide bonds. The van der Waals surface area contributed by atoms with Crippen LogP contribution in [-0.2, 0) is 6.54 Å². The molecule has 0 aliphatic heterocycles. The summed E-state index contributed by atoms with van der Waals surface area (Å²) in [4.78, 5) is 0. The summed E-state index contributed by atoms with van der Waals surface area (Å²) in [6.07, 6.45) is 0. The van der Waals surface area contributed by atoms with Crippen LogP contribution in [0.25, 0.3) is 0 Å². The minimum atomic E-state index is 0.137. The predicted molar refractivity (Wildman–Crippen MR) is 66.0 cm³/mol. The summed E-state index contributed by atoms with van der Waals surface area (Å²) >= 11 is 0. The minimum absolute atomic E-state index is 0.137. The molecule has 0 fully saturated rings. The Bertz CT molecular complexity index is 305. The Morgan fingerprint density at radius 2 is 2.00 bits per heavy atom. The first-order valence-electron chi connectivity index (χ1n) is 5.49. The van der Waals surface area contributed by atoms with Gasteiger partial charge in [-0.1, -0.05) is 29.8 Å². The maximum atomic E-state index is 3.54. The molecule has 0 heterocycles. The molecule has 0 bridgehead atoms. The average Bonchev–Trinajstić information content (AvgIpc) is 2.15. The largest absolute Gasteiger partial charge is 0.318 e. The molecule has 0 aliphatic carbocycles. The van der Waals surface area contributed by atoms with Crippen molar-refractivity contribution >= 4 is 0 Å². The van der Waals surface area contributed by atoms with Crippen LogP contribution in [-0.4, -0.2) is 19.1 Å². The molecular weight excluding hydrogens is 184 g/mol. The van der Waals surface area contributed by atoms with E-state index in [1.807, 2.05) is 7.05 Å². The Balaban J connectivity index is 2.49. The number of hydrogen-bond donors (Lipinski definition) is 2. The van der Waals surface area contributed by atoms with Gasteiger partial charge in [0, 0.05) is 18.6 Å². The van der Waals surface area contributed by atoms with Gasteiger partial charge in [0.1, 0.15) is 0 Å². The Morgan fingerprint density at radius 3 is 2.60 bits per heavy atom. The third kappa shape index (κ3) is 4.45. The van der Waals surface area contributed by atoms with Gasteiger partial charge in [0.2, 0.25) is 0 Å². The summed E-state index contributed by atoms with van der Waals surface area (Å²) in [7, 11) is 1.98. The van der Waals surface area contributed by atoms with Gasteiger partial charge in [0.15, 0.2) is 0 Å². The van der Waals surface area contributed by atoms with E-state index in [0.717, 1.165) is 13.1 Å². The van der Waals surface area contributed by atoms with Crippen LogP contribution in [0, 0.1) is 6.92 Å². The smallest absolute Gasteiger partial charge is 0.0252 e. The molecule has 0 unspecified atom stereocenters. The van der Waals surface area contributed by atoms with E-state index in [1.165, 1.54) is 11.1 Å². The SMILES string of the molecule is CNCC(C)(C)NCc1cccc(C)c1. The van der Waals surface area contributed by atoms with Gasteiger partial charge in [-0.15, -0.1) is 0 Å². The van der Waals surface area contributed by atoms with Crippen LogP contribution < -0.4 is 10.6 Å². The molecule has 0 atom stereocenters. The van der Waals surface area contributed by atoms with E-state index in [1.54, 1.807) is 0 Å². The fourth-order valence-electron chi connectivity index (χ4n) is 1.67. The van der Waals surface area contributed by atoms with Crippen LogP contribution in [0.4, 0.5) is 0 Å². The fourth-order valence-corrected chi connectivity index (χ4v) is 1.67. The van der Waals surface area contributed by atoms with Gasteiger partial charge < -0.3 is 10.6 Å². The minimum Gasteiger partial charge on any atom is -0.318 e. The van der Waals surface area contributed by atoms with Crippen molar-refractivity contribution in [2.75, 3.05) is 13.6 Å². The molecule has 15 heavy (non-hydrogen) atoms. The van der Waals surface area contributed by atoms with E-state index in [0.29, 0.717) is 0 Å². The predicted octanol–water partition coefficient (Wildman–Crippen LogP) is 2.08. The number of likely N-dealkylation sites (N-methyl/N-ethyl adjacent to an activating group) is 1. The molecule has 0 spiro atoms. The van der Waals surface area contributed by atoms with Gasteiger partial charge in [-0.2, -0.15) is 0 Å². The van der Waals surface area contributed by atoms with E-state index in [9.17, 15) is 0 Å². The lowest BCUT2D eigenvalue weighted by Gasteiger charge is -2.26. The fraction of sp³-hybridized carbons (Fsp3) is 0.538. The maximum Gasteiger partial charge on any atom is 0.0252 e. The van der Waals surface area contributed by atoms with Crippen LogP contribution in [0.1, 0.15) is 25.0 Å². The van der Waals surface area contributed by atoms with Gasteiger partial charge >= 0.3 is 0 Å². The van der Waals surface area contributed by atoms with Gasteiger partial charge in [0.05, 0.1) is 0 Å². The highest BCUT2D eigenvalue weighted by molar-refractivity contribution is 5.22. The highest BCUT2D eigenvalue weighted by Crippen LogP contribution is 2.06. The third-order valence-electron chi connectivity index (χ3n) is 2.47. The monoisotopic (exact) mass is 206 g/mol. The second-order valence-electron chi connectivity index (χ2n) is 4.76. The van der Waals surface area contributed by atoms with Crippen molar-refractivity contribution in [3.8, 4) is 0 Å². The second-order valence-corrected chi connectivity index (χ2v) is 4.76. The first kappa shape index (κ1) is 12.2. The number of nitrogens with one attached hydrogen (secondary N) is 2. The molecule has 84 valence electrons. The molecule has 2 heteroatoms. The summed E-state index contributed by atoms with van der Waals surface area (Å²) in [5.41, 5.74) is 2.80. The summed E-state index contributed by atoms with van der Waals surface area (Å²) in [5, 5.41) is 6.73. The molecule has 0 saturated heterocycles. The normalized spacial score (nSPS) is 11.7. The molecule has 2 N–H and O–H groups in total. The number of aryl methyl sites for hydroxylation is 1. The molecule has 0 saturated carbocycles. The number of hydrogen-bond acceptors (Lipinski definition) is 2. The van der Waals surface area contributed by atoms with E-state index < -0.39 is 0 Å². The quantitative estimate of drug-likeness (QED) is 0.771. The zero-order chi connectivity index (χ0) is 11.3. The van der Waals surface area contributed by atoms with Crippen molar-refractivity contribution < 1.29 is 0 Å². The van der Waals surface area contributed by atoms with Crippen molar-refractivity contribution in [3.05, 3.63) is 35.4 Å². The number of benzene rings is 1. The zero-order valence-corrected chi connectivity index (χ0v) is 10.2. The zero-order valence-electron chi connectivity index (χ0n) is 10.2. The van der Waals surface area contributed by atoms with E-state index >= 15 is 0 Å². The van der Waals surface area contributed by atoms with E-state index in [4.69, 9.17) is 0 Å². The first-order chi connectivity index (χ1) is 7.03. The van der Waals surface area contributed by atoms with Crippen LogP contribution in [0.15, 0.2) is 24.3 Å². The lowest BCUT2D eigenvalue weighted by molar-refractivity contribution is 0.374. The van der Waals surface area contributed by atoms with Crippen LogP contribution in [0.5, 0.6) is 0 Å². The molecule has 0 aromatic heterocycles. The highest BCUT2D eigenvalue weighted by atomic mass is 15.0. The molecule has 2 nitrogen and oxygen atoms in total. The molecule has 1 aromatic carbocycles. The topological polar surface area (TPSA) is 24.1 Å². The van der Waals surface area contributed by atoms with E-state index in [-0.39, 0.29) is 5.54 Å². The van der Waals surface area contributed by atoms with Gasteiger partial charge in [-0.3, -0.25) is 0 Å². The first-order valence-corrected chi connectivity index (χ1v) is 5.49. The summed E-state index contributed by atoms with van der Waals surface area (Å²) in [6.45, 7) is 8.44. The number of rotatable bonds is 5. The van der Waals surface area contributed by atoms with Crippen LogP contribution in [0.2, 0.25) is 0 Å². The van der Waals surface area contributed by atoms with Crippen LogP contribution in [0.3, 0.4) is 0 Å².